The minimum atomic E-state index is -2.25. The van der Waals surface area contributed by atoms with E-state index in [-0.39, 0.29) is 0 Å². The maximum absolute atomic E-state index is 11.5. The first-order chi connectivity index (χ1) is 31.7. The zero-order valence-corrected chi connectivity index (χ0v) is 35.0. The van der Waals surface area contributed by atoms with Crippen molar-refractivity contribution in [2.24, 2.45) is 0 Å². The van der Waals surface area contributed by atoms with Crippen molar-refractivity contribution in [1.82, 2.24) is 0 Å². The first-order valence-electron chi connectivity index (χ1n) is 21.1. The number of hydrogen-bond donors (Lipinski definition) is 20. The van der Waals surface area contributed by atoms with Gasteiger partial charge in [0.2, 0.25) is 0 Å². The van der Waals surface area contributed by atoms with E-state index in [4.69, 9.17) is 52.1 Å². The second-order valence-corrected chi connectivity index (χ2v) is 16.8. The van der Waals surface area contributed by atoms with Gasteiger partial charge in [0.25, 0.3) is 0 Å². The highest BCUT2D eigenvalue weighted by Crippen LogP contribution is 2.36. The number of aliphatic hydroxyl groups is 20. The standard InChI is InChI=1S/C36H62O31/c37-1-7-13(42)18(47)22(51)33(59-7)64-27-11(5-41)62-32(24(53)21(27)50)57-6-12-15(44)20(49)30(67-34-23(52)19(48)14(43)8(2-38)60-34)36(63-12)66-29-17(46)10(4-40)61-35(26(29)55)65-28-16(45)9(3-39)58-31(56)25(28)54/h7-56H,1-6H2/t7-,8-,9-,10-,11-,12-,13+,14+,15-,16+,17-,18+,19+,20+,21-,22-,23-,24-,25-,26+,27+,28+,29+,30-,31-,32-,33+,34-,35-,36-/m1/s1. The van der Waals surface area contributed by atoms with Crippen LogP contribution in [-0.2, 0) is 52.1 Å². The zero-order valence-electron chi connectivity index (χ0n) is 35.0. The lowest BCUT2D eigenvalue weighted by Gasteiger charge is -2.49. The Labute approximate surface area is 378 Å². The van der Waals surface area contributed by atoms with Gasteiger partial charge in [-0.1, -0.05) is 0 Å². The predicted molar refractivity (Wildman–Crippen MR) is 199 cm³/mol. The summed E-state index contributed by atoms with van der Waals surface area (Å²) in [5.74, 6) is 0. The molecule has 0 saturated carbocycles. The zero-order chi connectivity index (χ0) is 49.3. The average Bonchev–Trinajstić information content (AvgIpc) is 3.31. The average molecular weight is 991 g/mol. The van der Waals surface area contributed by atoms with E-state index >= 15 is 0 Å². The Hall–Kier alpha value is -1.24. The number of aliphatic hydroxyl groups excluding tert-OH is 20. The Morgan fingerprint density at radius 2 is 0.597 bits per heavy atom. The molecule has 0 spiro atoms. The lowest BCUT2D eigenvalue weighted by molar-refractivity contribution is -0.399. The molecule has 6 aliphatic rings. The van der Waals surface area contributed by atoms with Crippen LogP contribution in [0, 0.1) is 0 Å². The van der Waals surface area contributed by atoms with Gasteiger partial charge in [-0.3, -0.25) is 0 Å². The molecule has 30 atom stereocenters. The first-order valence-corrected chi connectivity index (χ1v) is 21.1. The van der Waals surface area contributed by atoms with Crippen molar-refractivity contribution in [3.63, 3.8) is 0 Å². The summed E-state index contributed by atoms with van der Waals surface area (Å²) in [6.45, 7) is -5.59. The highest BCUT2D eigenvalue weighted by molar-refractivity contribution is 4.99. The first kappa shape index (κ1) is 55.1. The van der Waals surface area contributed by atoms with Crippen LogP contribution in [-0.4, -0.2) is 326 Å². The van der Waals surface area contributed by atoms with Crippen LogP contribution in [0.3, 0.4) is 0 Å². The van der Waals surface area contributed by atoms with Crippen molar-refractivity contribution in [3.8, 4) is 0 Å². The van der Waals surface area contributed by atoms with Crippen molar-refractivity contribution in [2.75, 3.05) is 39.6 Å². The largest absolute Gasteiger partial charge is 0.394 e. The monoisotopic (exact) mass is 990 g/mol. The highest BCUT2D eigenvalue weighted by atomic mass is 16.8. The Bertz CT molecular complexity index is 1500. The normalized spacial score (nSPS) is 53.4. The van der Waals surface area contributed by atoms with Crippen molar-refractivity contribution in [1.29, 1.82) is 0 Å². The molecule has 20 N–H and O–H groups in total. The molecule has 0 unspecified atom stereocenters. The van der Waals surface area contributed by atoms with Crippen LogP contribution < -0.4 is 0 Å². The van der Waals surface area contributed by atoms with E-state index in [1.165, 1.54) is 0 Å². The molecule has 31 heteroatoms. The fraction of sp³-hybridized carbons (Fsp3) is 1.00. The summed E-state index contributed by atoms with van der Waals surface area (Å²) < 4.78 is 60.9. The predicted octanol–water partition coefficient (Wildman–Crippen LogP) is -14.1. The van der Waals surface area contributed by atoms with Crippen molar-refractivity contribution < 1.29 is 154 Å². The Balaban J connectivity index is 1.22. The van der Waals surface area contributed by atoms with Gasteiger partial charge >= 0.3 is 0 Å². The van der Waals surface area contributed by atoms with Gasteiger partial charge in [-0.2, -0.15) is 0 Å². The molecular weight excluding hydrogens is 928 g/mol. The SMILES string of the molecule is OC[C@H]1O[C@@H](O[C@@H]2[C@H](O)[C@@H](O)[C@H](OC[C@H]3O[C@H](O[C@@H]4[C@H](O)[C@@H](O[C@@H]5[C@@H](O)[C@H](O)O[C@H](CO)[C@@H]5O)O[C@H](CO)[C@H]4O)[C@H](O[C@H]4O[C@H](CO)[C@H](O)[C@H](O)[C@H]4O)[C@@H](O)[C@@H]3O)O[C@@H]2CO)[C@H](O)[C@@H](O)[C@H]1O. The van der Waals surface area contributed by atoms with Crippen LogP contribution in [0.1, 0.15) is 0 Å². The molecule has 0 aromatic carbocycles. The molecule has 0 radical (unpaired) electrons. The minimum Gasteiger partial charge on any atom is -0.394 e. The molecular formula is C36H62O31. The quantitative estimate of drug-likeness (QED) is 0.0683. The molecule has 6 saturated heterocycles. The number of hydrogen-bond acceptors (Lipinski definition) is 31. The molecule has 392 valence electrons. The molecule has 6 aliphatic heterocycles. The van der Waals surface area contributed by atoms with Gasteiger partial charge in [0.05, 0.1) is 39.6 Å². The summed E-state index contributed by atoms with van der Waals surface area (Å²) in [5, 5.41) is 210. The summed E-state index contributed by atoms with van der Waals surface area (Å²) in [7, 11) is 0. The van der Waals surface area contributed by atoms with Gasteiger partial charge in [-0.15, -0.1) is 0 Å². The van der Waals surface area contributed by atoms with Crippen LogP contribution in [0.2, 0.25) is 0 Å². The van der Waals surface area contributed by atoms with Crippen molar-refractivity contribution in [3.05, 3.63) is 0 Å². The lowest BCUT2D eigenvalue weighted by atomic mass is 9.95. The Morgan fingerprint density at radius 3 is 1.10 bits per heavy atom. The smallest absolute Gasteiger partial charge is 0.187 e. The molecule has 0 aromatic heterocycles. The second-order valence-electron chi connectivity index (χ2n) is 16.8. The van der Waals surface area contributed by atoms with Crippen LogP contribution >= 0.6 is 0 Å². The molecule has 67 heavy (non-hydrogen) atoms. The van der Waals surface area contributed by atoms with Crippen LogP contribution in [0.5, 0.6) is 0 Å². The van der Waals surface area contributed by atoms with Crippen LogP contribution in [0.4, 0.5) is 0 Å². The third kappa shape index (κ3) is 11.4. The Kier molecular flexibility index (Phi) is 19.4. The summed E-state index contributed by atoms with van der Waals surface area (Å²) in [5.41, 5.74) is 0. The van der Waals surface area contributed by atoms with E-state index < -0.39 is 224 Å². The minimum absolute atomic E-state index is 0.841. The summed E-state index contributed by atoms with van der Waals surface area (Å²) in [6.07, 6.45) is -58.1. The molecule has 0 aliphatic carbocycles. The fourth-order valence-corrected chi connectivity index (χ4v) is 8.38. The van der Waals surface area contributed by atoms with E-state index in [9.17, 15) is 102 Å². The number of rotatable bonds is 16. The van der Waals surface area contributed by atoms with Gasteiger partial charge in [0.15, 0.2) is 37.7 Å². The van der Waals surface area contributed by atoms with Crippen LogP contribution in [0.25, 0.3) is 0 Å². The summed E-state index contributed by atoms with van der Waals surface area (Å²) >= 11 is 0. The Morgan fingerprint density at radius 1 is 0.254 bits per heavy atom. The van der Waals surface area contributed by atoms with E-state index in [1.807, 2.05) is 0 Å². The molecule has 0 aromatic rings. The van der Waals surface area contributed by atoms with Crippen LogP contribution in [0.15, 0.2) is 0 Å². The maximum atomic E-state index is 11.5. The maximum Gasteiger partial charge on any atom is 0.187 e. The van der Waals surface area contributed by atoms with Crippen molar-refractivity contribution >= 4 is 0 Å². The lowest BCUT2D eigenvalue weighted by Crippen LogP contribution is -2.68. The topological polar surface area (TPSA) is 506 Å². The van der Waals surface area contributed by atoms with E-state index in [0.717, 1.165) is 0 Å². The third-order valence-electron chi connectivity index (χ3n) is 12.4. The molecule has 0 bridgehead atoms. The third-order valence-corrected chi connectivity index (χ3v) is 12.4. The molecule has 0 amide bonds. The number of ether oxygens (including phenoxy) is 11. The molecule has 6 rings (SSSR count). The fourth-order valence-electron chi connectivity index (χ4n) is 8.38. The summed E-state index contributed by atoms with van der Waals surface area (Å²) in [6, 6.07) is 0. The molecule has 6 fully saturated rings. The van der Waals surface area contributed by atoms with Gasteiger partial charge in [-0.25, -0.2) is 0 Å². The summed E-state index contributed by atoms with van der Waals surface area (Å²) in [4.78, 5) is 0. The van der Waals surface area contributed by atoms with Gasteiger partial charge in [0, 0.05) is 0 Å². The molecule has 31 nitrogen and oxygen atoms in total. The van der Waals surface area contributed by atoms with E-state index in [1.54, 1.807) is 0 Å². The van der Waals surface area contributed by atoms with Gasteiger partial charge < -0.3 is 154 Å². The molecule has 6 heterocycles. The van der Waals surface area contributed by atoms with E-state index in [0.29, 0.717) is 0 Å². The highest BCUT2D eigenvalue weighted by Gasteiger charge is 2.57. The van der Waals surface area contributed by atoms with E-state index in [2.05, 4.69) is 0 Å². The van der Waals surface area contributed by atoms with Gasteiger partial charge in [-0.05, 0) is 0 Å². The van der Waals surface area contributed by atoms with Gasteiger partial charge in [0.1, 0.15) is 146 Å². The van der Waals surface area contributed by atoms with Crippen molar-refractivity contribution in [2.45, 2.75) is 184 Å². The second kappa shape index (κ2) is 23.5.